The predicted molar refractivity (Wildman–Crippen MR) is 79.9 cm³/mol. The van der Waals surface area contributed by atoms with Gasteiger partial charge in [0.05, 0.1) is 5.52 Å². The Hall–Kier alpha value is -2.02. The average molecular weight is 247 g/mol. The van der Waals surface area contributed by atoms with E-state index in [0.717, 1.165) is 0 Å². The van der Waals surface area contributed by atoms with Gasteiger partial charge in [0, 0.05) is 16.8 Å². The van der Waals surface area contributed by atoms with Gasteiger partial charge in [-0.1, -0.05) is 36.4 Å². The standard InChI is InChI=1S/C18H17N/c1-2-8-14(9-3-1)19-17-12-6-4-10-15(17)16-11-5-7-13-18(16)19/h1-4,6,8-10,12H,5,7,11,13H2. The van der Waals surface area contributed by atoms with Crippen molar-refractivity contribution in [1.29, 1.82) is 0 Å². The van der Waals surface area contributed by atoms with E-state index in [0.29, 0.717) is 0 Å². The molecule has 0 amide bonds. The highest BCUT2D eigenvalue weighted by atomic mass is 15.0. The highest BCUT2D eigenvalue weighted by Gasteiger charge is 2.20. The summed E-state index contributed by atoms with van der Waals surface area (Å²) in [5.74, 6) is 0. The molecule has 0 atom stereocenters. The van der Waals surface area contributed by atoms with Crippen molar-refractivity contribution in [2.24, 2.45) is 0 Å². The summed E-state index contributed by atoms with van der Waals surface area (Å²) in [5.41, 5.74) is 5.76. The summed E-state index contributed by atoms with van der Waals surface area (Å²) in [7, 11) is 0. The molecule has 1 nitrogen and oxygen atoms in total. The lowest BCUT2D eigenvalue weighted by Gasteiger charge is -2.16. The second-order valence-electron chi connectivity index (χ2n) is 5.32. The van der Waals surface area contributed by atoms with Crippen LogP contribution in [0.1, 0.15) is 24.1 Å². The third-order valence-corrected chi connectivity index (χ3v) is 4.19. The molecule has 2 aromatic carbocycles. The summed E-state index contributed by atoms with van der Waals surface area (Å²) in [4.78, 5) is 0. The Labute approximate surface area is 113 Å². The first-order valence-electron chi connectivity index (χ1n) is 7.12. The molecule has 0 radical (unpaired) electrons. The van der Waals surface area contributed by atoms with Gasteiger partial charge in [-0.25, -0.2) is 0 Å². The summed E-state index contributed by atoms with van der Waals surface area (Å²) >= 11 is 0. The Morgan fingerprint density at radius 3 is 2.37 bits per heavy atom. The van der Waals surface area contributed by atoms with Crippen LogP contribution in [0.3, 0.4) is 0 Å². The number of para-hydroxylation sites is 2. The maximum Gasteiger partial charge on any atom is 0.0534 e. The van der Waals surface area contributed by atoms with Crippen LogP contribution in [0.2, 0.25) is 0 Å². The molecule has 3 aromatic rings. The van der Waals surface area contributed by atoms with E-state index in [4.69, 9.17) is 0 Å². The van der Waals surface area contributed by atoms with Crippen molar-refractivity contribution in [3.63, 3.8) is 0 Å². The molecule has 1 aliphatic carbocycles. The molecule has 0 bridgehead atoms. The monoisotopic (exact) mass is 247 g/mol. The Morgan fingerprint density at radius 2 is 1.47 bits per heavy atom. The van der Waals surface area contributed by atoms with Crippen molar-refractivity contribution in [3.8, 4) is 5.69 Å². The largest absolute Gasteiger partial charge is 0.313 e. The van der Waals surface area contributed by atoms with E-state index >= 15 is 0 Å². The minimum atomic E-state index is 1.21. The van der Waals surface area contributed by atoms with Gasteiger partial charge in [0.25, 0.3) is 0 Å². The van der Waals surface area contributed by atoms with E-state index in [9.17, 15) is 0 Å². The number of benzene rings is 2. The molecule has 0 aliphatic heterocycles. The fourth-order valence-electron chi connectivity index (χ4n) is 3.37. The van der Waals surface area contributed by atoms with Crippen molar-refractivity contribution in [3.05, 3.63) is 65.9 Å². The number of nitrogens with zero attached hydrogens (tertiary/aromatic N) is 1. The van der Waals surface area contributed by atoms with Crippen molar-refractivity contribution in [2.75, 3.05) is 0 Å². The zero-order valence-electron chi connectivity index (χ0n) is 11.0. The van der Waals surface area contributed by atoms with Gasteiger partial charge in [0.15, 0.2) is 0 Å². The molecule has 4 rings (SSSR count). The highest BCUT2D eigenvalue weighted by molar-refractivity contribution is 5.87. The van der Waals surface area contributed by atoms with Gasteiger partial charge in [0.1, 0.15) is 0 Å². The van der Waals surface area contributed by atoms with Crippen molar-refractivity contribution in [1.82, 2.24) is 4.57 Å². The smallest absolute Gasteiger partial charge is 0.0534 e. The van der Waals surface area contributed by atoms with Crippen LogP contribution in [0.5, 0.6) is 0 Å². The van der Waals surface area contributed by atoms with Crippen LogP contribution in [0.25, 0.3) is 16.6 Å². The molecular weight excluding hydrogens is 230 g/mol. The number of rotatable bonds is 1. The van der Waals surface area contributed by atoms with Crippen LogP contribution in [0, 0.1) is 0 Å². The number of hydrogen-bond donors (Lipinski definition) is 0. The molecule has 0 spiro atoms. The molecular formula is C18H17N. The van der Waals surface area contributed by atoms with E-state index in [1.807, 2.05) is 0 Å². The molecule has 0 unspecified atom stereocenters. The molecule has 0 N–H and O–H groups in total. The summed E-state index contributed by atoms with van der Waals surface area (Å²) in [5, 5.41) is 1.45. The van der Waals surface area contributed by atoms with Crippen molar-refractivity contribution >= 4 is 10.9 Å². The Balaban J connectivity index is 2.09. The van der Waals surface area contributed by atoms with Crippen molar-refractivity contribution < 1.29 is 0 Å². The van der Waals surface area contributed by atoms with Crippen molar-refractivity contribution in [2.45, 2.75) is 25.7 Å². The fraction of sp³-hybridized carbons (Fsp3) is 0.222. The number of fused-ring (bicyclic) bond motifs is 3. The molecule has 0 saturated heterocycles. The van der Waals surface area contributed by atoms with E-state index in [2.05, 4.69) is 59.2 Å². The zero-order valence-corrected chi connectivity index (χ0v) is 11.0. The number of hydrogen-bond acceptors (Lipinski definition) is 0. The molecule has 1 aliphatic rings. The average Bonchev–Trinajstić information content (AvgIpc) is 2.83. The lowest BCUT2D eigenvalue weighted by atomic mass is 9.95. The van der Waals surface area contributed by atoms with Crippen LogP contribution >= 0.6 is 0 Å². The normalized spacial score (nSPS) is 14.5. The lowest BCUT2D eigenvalue weighted by molar-refractivity contribution is 0.667. The highest BCUT2D eigenvalue weighted by Crippen LogP contribution is 2.34. The van der Waals surface area contributed by atoms with Gasteiger partial charge < -0.3 is 4.57 Å². The minimum Gasteiger partial charge on any atom is -0.313 e. The first kappa shape index (κ1) is 10.9. The second-order valence-corrected chi connectivity index (χ2v) is 5.32. The van der Waals surface area contributed by atoms with Gasteiger partial charge in [0.2, 0.25) is 0 Å². The Kier molecular flexibility index (Phi) is 2.44. The molecule has 1 heteroatoms. The molecule has 0 fully saturated rings. The first-order chi connectivity index (χ1) is 9.45. The van der Waals surface area contributed by atoms with E-state index in [-0.39, 0.29) is 0 Å². The van der Waals surface area contributed by atoms with Gasteiger partial charge in [-0.15, -0.1) is 0 Å². The molecule has 94 valence electrons. The molecule has 1 heterocycles. The van der Waals surface area contributed by atoms with E-state index in [1.54, 1.807) is 5.56 Å². The number of aryl methyl sites for hydroxylation is 1. The number of aromatic nitrogens is 1. The van der Waals surface area contributed by atoms with Crippen LogP contribution in [-0.2, 0) is 12.8 Å². The summed E-state index contributed by atoms with van der Waals surface area (Å²) in [6.07, 6.45) is 5.08. The molecule has 19 heavy (non-hydrogen) atoms. The van der Waals surface area contributed by atoms with Crippen LogP contribution in [0.4, 0.5) is 0 Å². The van der Waals surface area contributed by atoms with Crippen LogP contribution in [0.15, 0.2) is 54.6 Å². The maximum atomic E-state index is 2.46. The topological polar surface area (TPSA) is 4.93 Å². The third-order valence-electron chi connectivity index (χ3n) is 4.19. The third kappa shape index (κ3) is 1.61. The fourth-order valence-corrected chi connectivity index (χ4v) is 3.37. The van der Waals surface area contributed by atoms with Gasteiger partial charge in [-0.3, -0.25) is 0 Å². The van der Waals surface area contributed by atoms with Gasteiger partial charge in [-0.05, 0) is 49.4 Å². The second kappa shape index (κ2) is 4.27. The summed E-state index contributed by atoms with van der Waals surface area (Å²) in [6.45, 7) is 0. The van der Waals surface area contributed by atoms with Gasteiger partial charge in [-0.2, -0.15) is 0 Å². The Morgan fingerprint density at radius 1 is 0.737 bits per heavy atom. The van der Waals surface area contributed by atoms with Crippen LogP contribution < -0.4 is 0 Å². The summed E-state index contributed by atoms with van der Waals surface area (Å²) in [6, 6.07) is 19.6. The Bertz CT molecular complexity index is 722. The van der Waals surface area contributed by atoms with E-state index < -0.39 is 0 Å². The SMILES string of the molecule is c1ccc(-n2c3c(c4ccccc42)CCCC3)cc1. The summed E-state index contributed by atoms with van der Waals surface area (Å²) < 4.78 is 2.46. The first-order valence-corrected chi connectivity index (χ1v) is 7.12. The van der Waals surface area contributed by atoms with E-state index in [1.165, 1.54) is 48.0 Å². The van der Waals surface area contributed by atoms with Crippen LogP contribution in [-0.4, -0.2) is 4.57 Å². The minimum absolute atomic E-state index is 1.21. The molecule has 1 aromatic heterocycles. The lowest BCUT2D eigenvalue weighted by Crippen LogP contribution is -2.06. The maximum absolute atomic E-state index is 2.46. The quantitative estimate of drug-likeness (QED) is 0.596. The zero-order chi connectivity index (χ0) is 12.7. The molecule has 0 saturated carbocycles. The van der Waals surface area contributed by atoms with Gasteiger partial charge >= 0.3 is 0 Å². The predicted octanol–water partition coefficient (Wildman–Crippen LogP) is 4.51.